The van der Waals surface area contributed by atoms with E-state index in [1.54, 1.807) is 30.8 Å². The van der Waals surface area contributed by atoms with Crippen LogP contribution >= 0.6 is 11.8 Å². The van der Waals surface area contributed by atoms with Gasteiger partial charge in [-0.25, -0.2) is 9.59 Å². The van der Waals surface area contributed by atoms with E-state index in [1.807, 2.05) is 0 Å². The van der Waals surface area contributed by atoms with Crippen molar-refractivity contribution < 1.29 is 45.8 Å². The highest BCUT2D eigenvalue weighted by Crippen LogP contribution is 2.45. The second kappa shape index (κ2) is 9.66. The number of carbonyl (C=O) groups excluding carboxylic acids is 1. The Morgan fingerprint density at radius 2 is 1.59 bits per heavy atom. The molecule has 0 fully saturated rings. The Morgan fingerprint density at radius 3 is 2.11 bits per heavy atom. The van der Waals surface area contributed by atoms with Gasteiger partial charge in [-0.15, -0.1) is 0 Å². The molecular weight excluding hydrogens is 526 g/mol. The van der Waals surface area contributed by atoms with E-state index in [-0.39, 0.29) is 18.1 Å². The Morgan fingerprint density at radius 1 is 1.03 bits per heavy atom. The molecule has 0 aromatic heterocycles. The highest BCUT2D eigenvalue weighted by Gasteiger charge is 2.41. The zero-order valence-corrected chi connectivity index (χ0v) is 20.4. The Labute approximate surface area is 212 Å². The summed E-state index contributed by atoms with van der Waals surface area (Å²) in [4.78, 5) is 27.1. The summed E-state index contributed by atoms with van der Waals surface area (Å²) in [6.45, 7) is 1.00. The van der Waals surface area contributed by atoms with E-state index in [9.17, 15) is 41.0 Å². The number of thioether (sulfide) groups is 1. The quantitative estimate of drug-likeness (QED) is 0.416. The predicted octanol–water partition coefficient (Wildman–Crippen LogP) is 7.06. The molecule has 200 valence electrons. The van der Waals surface area contributed by atoms with Crippen LogP contribution in [0.25, 0.3) is 0 Å². The van der Waals surface area contributed by atoms with E-state index < -0.39 is 54.3 Å². The summed E-state index contributed by atoms with van der Waals surface area (Å²) in [5, 5.41) is 9.84. The van der Waals surface area contributed by atoms with Crippen LogP contribution < -0.4 is 4.90 Å². The molecule has 0 bridgehead atoms. The topological polar surface area (TPSA) is 70.1 Å². The fraction of sp³-hybridized carbons (Fsp3) is 0.417. The molecule has 2 aromatic carbocycles. The standard InChI is InChI=1S/C24H22F6N2O4S/c1-12-3-19(18-6-14-10-37-11-15(14)7-20(18)32(12)21(33)34)31(22(35)36-2)9-13-4-16(23(25,26)27)8-17(5-13)24(28,29)30/h4-8,12,19H,3,9-11H2,1-2H3,(H,33,34)/t12-,19+/m1/s1. The largest absolute Gasteiger partial charge is 0.465 e. The number of benzene rings is 2. The third-order valence-electron chi connectivity index (χ3n) is 6.48. The molecule has 4 rings (SSSR count). The maximum absolute atomic E-state index is 13.4. The lowest BCUT2D eigenvalue weighted by Gasteiger charge is -2.42. The van der Waals surface area contributed by atoms with Crippen molar-refractivity contribution >= 4 is 29.6 Å². The first kappa shape index (κ1) is 27.0. The van der Waals surface area contributed by atoms with E-state index >= 15 is 0 Å². The van der Waals surface area contributed by atoms with Gasteiger partial charge in [-0.1, -0.05) is 6.07 Å². The number of nitrogens with zero attached hydrogens (tertiary/aromatic N) is 2. The minimum Gasteiger partial charge on any atom is -0.465 e. The molecule has 1 N–H and O–H groups in total. The van der Waals surface area contributed by atoms with Crippen LogP contribution in [0.15, 0.2) is 30.3 Å². The molecular formula is C24H22F6N2O4S. The van der Waals surface area contributed by atoms with E-state index in [1.165, 1.54) is 0 Å². The molecule has 37 heavy (non-hydrogen) atoms. The maximum atomic E-state index is 13.4. The van der Waals surface area contributed by atoms with Crippen molar-refractivity contribution in [2.45, 2.75) is 55.8 Å². The summed E-state index contributed by atoms with van der Waals surface area (Å²) in [7, 11) is 1.05. The van der Waals surface area contributed by atoms with Crippen LogP contribution in [0, 0.1) is 0 Å². The van der Waals surface area contributed by atoms with E-state index in [0.717, 1.165) is 28.0 Å². The van der Waals surface area contributed by atoms with Crippen LogP contribution in [0.3, 0.4) is 0 Å². The Kier molecular flexibility index (Phi) is 7.04. The van der Waals surface area contributed by atoms with E-state index in [2.05, 4.69) is 0 Å². The summed E-state index contributed by atoms with van der Waals surface area (Å²) >= 11 is 1.62. The van der Waals surface area contributed by atoms with Gasteiger partial charge in [0.05, 0.1) is 30.0 Å². The van der Waals surface area contributed by atoms with Gasteiger partial charge in [-0.05, 0) is 59.9 Å². The van der Waals surface area contributed by atoms with Gasteiger partial charge in [-0.3, -0.25) is 9.80 Å². The first-order valence-electron chi connectivity index (χ1n) is 11.1. The van der Waals surface area contributed by atoms with Gasteiger partial charge < -0.3 is 9.84 Å². The highest BCUT2D eigenvalue weighted by atomic mass is 32.2. The summed E-state index contributed by atoms with van der Waals surface area (Å²) in [6.07, 6.45) is -12.2. The Hall–Kier alpha value is -3.09. The van der Waals surface area contributed by atoms with Gasteiger partial charge in [0.15, 0.2) is 0 Å². The molecule has 0 unspecified atom stereocenters. The van der Waals surface area contributed by atoms with E-state index in [0.29, 0.717) is 34.9 Å². The SMILES string of the molecule is COC(=O)N(Cc1cc(C(F)(F)F)cc(C(F)(F)F)c1)[C@H]1C[C@@H](C)N(C(=O)O)c2cc3c(cc21)CSC3. The Bertz CT molecular complexity index is 1200. The van der Waals surface area contributed by atoms with Crippen molar-refractivity contribution in [3.8, 4) is 0 Å². The molecule has 0 radical (unpaired) electrons. The lowest BCUT2D eigenvalue weighted by molar-refractivity contribution is -0.143. The average Bonchev–Trinajstić information content (AvgIpc) is 3.26. The van der Waals surface area contributed by atoms with Crippen LogP contribution in [0.5, 0.6) is 0 Å². The fourth-order valence-corrected chi connectivity index (χ4v) is 5.90. The monoisotopic (exact) mass is 548 g/mol. The second-order valence-electron chi connectivity index (χ2n) is 8.94. The molecule has 6 nitrogen and oxygen atoms in total. The molecule has 2 heterocycles. The molecule has 0 saturated carbocycles. The molecule has 2 amide bonds. The average molecular weight is 549 g/mol. The van der Waals surface area contributed by atoms with Crippen LogP contribution in [0.4, 0.5) is 41.6 Å². The number of carbonyl (C=O) groups is 2. The number of carboxylic acid groups (broad SMARTS) is 1. The van der Waals surface area contributed by atoms with Crippen molar-refractivity contribution in [2.24, 2.45) is 0 Å². The molecule has 0 saturated heterocycles. The number of rotatable bonds is 3. The summed E-state index contributed by atoms with van der Waals surface area (Å²) in [5.41, 5.74) is -0.754. The number of ether oxygens (including phenoxy) is 1. The van der Waals surface area contributed by atoms with Crippen LogP contribution in [-0.4, -0.2) is 35.3 Å². The maximum Gasteiger partial charge on any atom is 0.416 e. The van der Waals surface area contributed by atoms with Gasteiger partial charge in [-0.2, -0.15) is 38.1 Å². The van der Waals surface area contributed by atoms with E-state index in [4.69, 9.17) is 4.74 Å². The Balaban J connectivity index is 1.83. The third-order valence-corrected chi connectivity index (χ3v) is 7.51. The summed E-state index contributed by atoms with van der Waals surface area (Å²) in [6, 6.07) is 3.16. The van der Waals surface area contributed by atoms with Crippen LogP contribution in [0.1, 0.15) is 52.8 Å². The number of methoxy groups -OCH3 is 1. The number of hydrogen-bond donors (Lipinski definition) is 1. The second-order valence-corrected chi connectivity index (χ2v) is 9.92. The van der Waals surface area contributed by atoms with Gasteiger partial charge in [0.25, 0.3) is 0 Å². The highest BCUT2D eigenvalue weighted by molar-refractivity contribution is 7.98. The predicted molar refractivity (Wildman–Crippen MR) is 123 cm³/mol. The zero-order chi connectivity index (χ0) is 27.3. The van der Waals surface area contributed by atoms with Crippen molar-refractivity contribution in [3.63, 3.8) is 0 Å². The molecule has 2 aliphatic rings. The van der Waals surface area contributed by atoms with Gasteiger partial charge in [0.1, 0.15) is 0 Å². The zero-order valence-electron chi connectivity index (χ0n) is 19.6. The van der Waals surface area contributed by atoms with Crippen LogP contribution in [-0.2, 0) is 35.1 Å². The minimum atomic E-state index is -5.04. The first-order chi connectivity index (χ1) is 17.2. The molecule has 13 heteroatoms. The number of alkyl halides is 6. The summed E-state index contributed by atoms with van der Waals surface area (Å²) < 4.78 is 85.3. The van der Waals surface area contributed by atoms with Gasteiger partial charge in [0.2, 0.25) is 0 Å². The molecule has 2 atom stereocenters. The minimum absolute atomic E-state index is 0.0235. The number of fused-ring (bicyclic) bond motifs is 2. The molecule has 2 aromatic rings. The normalized spacial score (nSPS) is 19.3. The van der Waals surface area contributed by atoms with Gasteiger partial charge >= 0.3 is 24.5 Å². The third kappa shape index (κ3) is 5.32. The summed E-state index contributed by atoms with van der Waals surface area (Å²) in [5.74, 6) is 1.32. The van der Waals surface area contributed by atoms with Crippen molar-refractivity contribution in [1.82, 2.24) is 4.90 Å². The molecule has 2 aliphatic heterocycles. The molecule has 0 aliphatic carbocycles. The number of amides is 2. The number of anilines is 1. The lowest BCUT2D eigenvalue weighted by atomic mass is 9.88. The smallest absolute Gasteiger partial charge is 0.416 e. The fourth-order valence-electron chi connectivity index (χ4n) is 4.82. The lowest BCUT2D eigenvalue weighted by Crippen LogP contribution is -2.47. The van der Waals surface area contributed by atoms with Crippen molar-refractivity contribution in [3.05, 3.63) is 63.7 Å². The van der Waals surface area contributed by atoms with Crippen molar-refractivity contribution in [2.75, 3.05) is 12.0 Å². The van der Waals surface area contributed by atoms with Crippen molar-refractivity contribution in [1.29, 1.82) is 0 Å². The first-order valence-corrected chi connectivity index (χ1v) is 12.2. The number of halogens is 6. The van der Waals surface area contributed by atoms with Gasteiger partial charge in [0, 0.05) is 24.1 Å². The van der Waals surface area contributed by atoms with Crippen LogP contribution in [0.2, 0.25) is 0 Å². The number of hydrogen-bond acceptors (Lipinski definition) is 4. The molecule has 0 spiro atoms.